The molecule has 0 unspecified atom stereocenters. The molecule has 0 radical (unpaired) electrons. The van der Waals surface area contributed by atoms with Crippen LogP contribution in [0.4, 0.5) is 0 Å². The van der Waals surface area contributed by atoms with Crippen LogP contribution in [0.25, 0.3) is 9.66 Å². The van der Waals surface area contributed by atoms with E-state index in [1.54, 1.807) is 22.7 Å². The quantitative estimate of drug-likeness (QED) is 0.418. The fraction of sp³-hybridized carbons (Fsp3) is 0.667. The molecular weight excluding hydrogens is 408 g/mol. The lowest BCUT2D eigenvalue weighted by molar-refractivity contribution is 0.365. The molecule has 0 bridgehead atoms. The van der Waals surface area contributed by atoms with E-state index in [9.17, 15) is 0 Å². The molecule has 3 aromatic heterocycles. The lowest BCUT2D eigenvalue weighted by Gasteiger charge is -2.29. The van der Waals surface area contributed by atoms with Gasteiger partial charge < -0.3 is 0 Å². The molecule has 30 heavy (non-hydrogen) atoms. The predicted molar refractivity (Wildman–Crippen MR) is 130 cm³/mol. The maximum Gasteiger partial charge on any atom is 0.155 e. The van der Waals surface area contributed by atoms with E-state index in [1.807, 2.05) is 0 Å². The molecular formula is C24H36N4S2. The first-order valence-corrected chi connectivity index (χ1v) is 12.4. The van der Waals surface area contributed by atoms with Gasteiger partial charge in [-0.2, -0.15) is 10.2 Å². The van der Waals surface area contributed by atoms with Crippen molar-refractivity contribution >= 4 is 32.3 Å². The third kappa shape index (κ3) is 4.91. The van der Waals surface area contributed by atoms with Gasteiger partial charge in [0.05, 0.1) is 11.4 Å². The Labute approximate surface area is 189 Å². The van der Waals surface area contributed by atoms with Gasteiger partial charge in [0.2, 0.25) is 0 Å². The van der Waals surface area contributed by atoms with Crippen LogP contribution in [-0.4, -0.2) is 20.2 Å². The molecule has 4 nitrogen and oxygen atoms in total. The summed E-state index contributed by atoms with van der Waals surface area (Å²) in [7, 11) is 0. The Bertz CT molecular complexity index is 981. The summed E-state index contributed by atoms with van der Waals surface area (Å²) in [6.45, 7) is 22.3. The van der Waals surface area contributed by atoms with Crippen LogP contribution in [0, 0.1) is 0 Å². The first-order valence-electron chi connectivity index (χ1n) is 10.7. The molecule has 0 aliphatic heterocycles. The molecule has 0 atom stereocenters. The topological polar surface area (TPSA) is 51.6 Å². The van der Waals surface area contributed by atoms with E-state index >= 15 is 0 Å². The highest BCUT2D eigenvalue weighted by Crippen LogP contribution is 2.40. The van der Waals surface area contributed by atoms with Crippen LogP contribution >= 0.6 is 22.7 Å². The van der Waals surface area contributed by atoms with Crippen LogP contribution in [0.15, 0.2) is 12.1 Å². The van der Waals surface area contributed by atoms with Crippen molar-refractivity contribution in [1.29, 1.82) is 0 Å². The largest absolute Gasteiger partial charge is 0.228 e. The number of thiazole rings is 2. The maximum atomic E-state index is 4.98. The van der Waals surface area contributed by atoms with Gasteiger partial charge >= 0.3 is 0 Å². The lowest BCUT2D eigenvalue weighted by Crippen LogP contribution is -2.26. The molecule has 0 aliphatic carbocycles. The zero-order valence-corrected chi connectivity index (χ0v) is 21.8. The Kier molecular flexibility index (Phi) is 5.92. The Morgan fingerprint density at radius 3 is 1.57 bits per heavy atom. The molecule has 3 rings (SSSR count). The monoisotopic (exact) mass is 444 g/mol. The molecule has 6 heteroatoms. The lowest BCUT2D eigenvalue weighted by atomic mass is 9.77. The number of aromatic nitrogens is 4. The number of hydrogen-bond donors (Lipinski definition) is 0. The second-order valence-corrected chi connectivity index (χ2v) is 13.7. The summed E-state index contributed by atoms with van der Waals surface area (Å²) in [6, 6.07) is 4.28. The van der Waals surface area contributed by atoms with Gasteiger partial charge in [0, 0.05) is 21.7 Å². The molecule has 164 valence electrons. The van der Waals surface area contributed by atoms with Crippen molar-refractivity contribution < 1.29 is 0 Å². The van der Waals surface area contributed by atoms with Gasteiger partial charge in [-0.3, -0.25) is 0 Å². The maximum absolute atomic E-state index is 4.98. The number of nitrogens with zero attached hydrogens (tertiary/aromatic N) is 4. The smallest absolute Gasteiger partial charge is 0.155 e. The summed E-state index contributed by atoms with van der Waals surface area (Å²) >= 11 is 3.49. The number of rotatable bonds is 5. The highest BCUT2D eigenvalue weighted by molar-refractivity contribution is 7.26. The molecule has 3 aromatic rings. The van der Waals surface area contributed by atoms with Gasteiger partial charge in [0.1, 0.15) is 10.0 Å². The van der Waals surface area contributed by atoms with Gasteiger partial charge in [-0.1, -0.05) is 91.9 Å². The third-order valence-electron chi connectivity index (χ3n) is 5.70. The Morgan fingerprint density at radius 2 is 1.07 bits per heavy atom. The summed E-state index contributed by atoms with van der Waals surface area (Å²) in [5, 5.41) is 11.4. The molecule has 0 amide bonds. The van der Waals surface area contributed by atoms with Crippen LogP contribution in [0.3, 0.4) is 0 Å². The summed E-state index contributed by atoms with van der Waals surface area (Å²) in [5.41, 5.74) is 2.16. The van der Waals surface area contributed by atoms with Crippen LogP contribution in [0.1, 0.15) is 103 Å². The van der Waals surface area contributed by atoms with Crippen molar-refractivity contribution in [3.63, 3.8) is 0 Å². The van der Waals surface area contributed by atoms with E-state index in [-0.39, 0.29) is 21.7 Å². The Balaban J connectivity index is 1.74. The van der Waals surface area contributed by atoms with Crippen molar-refractivity contribution in [3.8, 4) is 0 Å². The van der Waals surface area contributed by atoms with Crippen molar-refractivity contribution in [2.24, 2.45) is 0 Å². The Hall–Kier alpha value is -1.40. The molecule has 0 N–H and O–H groups in total. The zero-order valence-electron chi connectivity index (χ0n) is 20.2. The number of fused-ring (bicyclic) bond motifs is 1. The summed E-state index contributed by atoms with van der Waals surface area (Å²) < 4.78 is 0. The average molecular weight is 445 g/mol. The molecule has 0 aliphatic rings. The molecule has 3 heterocycles. The van der Waals surface area contributed by atoms with Crippen LogP contribution in [0.5, 0.6) is 0 Å². The van der Waals surface area contributed by atoms with Gasteiger partial charge in [-0.25, -0.2) is 9.97 Å². The van der Waals surface area contributed by atoms with Crippen molar-refractivity contribution in [2.75, 3.05) is 0 Å². The molecule has 0 fully saturated rings. The fourth-order valence-electron chi connectivity index (χ4n) is 3.21. The minimum Gasteiger partial charge on any atom is -0.228 e. The van der Waals surface area contributed by atoms with Crippen molar-refractivity contribution in [2.45, 2.75) is 104 Å². The van der Waals surface area contributed by atoms with Gasteiger partial charge in [-0.15, -0.1) is 0 Å². The van der Waals surface area contributed by atoms with Gasteiger partial charge in [0.25, 0.3) is 0 Å². The average Bonchev–Trinajstić information content (AvgIpc) is 3.19. The normalized spacial score (nSPS) is 13.9. The highest BCUT2D eigenvalue weighted by atomic mass is 32.1. The molecule has 0 saturated carbocycles. The van der Waals surface area contributed by atoms with E-state index < -0.39 is 0 Å². The Morgan fingerprint density at radius 1 is 0.600 bits per heavy atom. The SMILES string of the molecule is CC(C)(C)c1ccc(C(C)(C)CCC(C)(C)c2nc3sc(C(C)(C)C)nc3s2)nn1. The first kappa shape index (κ1) is 23.3. The fourth-order valence-corrected chi connectivity index (χ4v) is 5.44. The standard InChI is InChI=1S/C24H36N4S2/c1-21(2,3)15-11-12-16(28-27-15)23(7,8)13-14-24(9,10)20-26-18-17(30-20)25-19(29-18)22(4,5)6/h11-12H,13-14H2,1-10H3. The zero-order chi connectivity index (χ0) is 22.5. The predicted octanol–water partition coefficient (Wildman–Crippen LogP) is 7.17. The summed E-state index contributed by atoms with van der Waals surface area (Å²) in [4.78, 5) is 12.0. The van der Waals surface area contributed by atoms with Crippen molar-refractivity contribution in [3.05, 3.63) is 33.5 Å². The van der Waals surface area contributed by atoms with Gasteiger partial charge in [0.15, 0.2) is 9.66 Å². The summed E-state index contributed by atoms with van der Waals surface area (Å²) in [6.07, 6.45) is 2.06. The second kappa shape index (κ2) is 7.63. The molecule has 0 aromatic carbocycles. The minimum absolute atomic E-state index is 0.00301. The molecule has 0 saturated heterocycles. The molecule has 0 spiro atoms. The van der Waals surface area contributed by atoms with E-state index in [0.29, 0.717) is 0 Å². The minimum atomic E-state index is -0.0347. The van der Waals surface area contributed by atoms with E-state index in [1.165, 1.54) is 10.0 Å². The highest BCUT2D eigenvalue weighted by Gasteiger charge is 2.32. The van der Waals surface area contributed by atoms with E-state index in [4.69, 9.17) is 9.97 Å². The number of hydrogen-bond acceptors (Lipinski definition) is 6. The van der Waals surface area contributed by atoms with Crippen molar-refractivity contribution in [1.82, 2.24) is 20.2 Å². The second-order valence-electron chi connectivity index (χ2n) is 11.7. The van der Waals surface area contributed by atoms with Crippen LogP contribution < -0.4 is 0 Å². The summed E-state index contributed by atoms with van der Waals surface area (Å²) in [5.74, 6) is 0. The van der Waals surface area contributed by atoms with Gasteiger partial charge in [-0.05, 0) is 25.0 Å². The first-order chi connectivity index (χ1) is 13.6. The third-order valence-corrected chi connectivity index (χ3v) is 8.52. The van der Waals surface area contributed by atoms with Crippen LogP contribution in [0.2, 0.25) is 0 Å². The van der Waals surface area contributed by atoms with E-state index in [2.05, 4.69) is 91.6 Å². The van der Waals surface area contributed by atoms with Crippen LogP contribution in [-0.2, 0) is 21.7 Å². The van der Waals surface area contributed by atoms with E-state index in [0.717, 1.165) is 33.9 Å².